The van der Waals surface area contributed by atoms with E-state index in [0.717, 1.165) is 19.3 Å². The minimum atomic E-state index is -1.04. The van der Waals surface area contributed by atoms with Gasteiger partial charge in [-0.3, -0.25) is 4.79 Å². The van der Waals surface area contributed by atoms with Gasteiger partial charge in [-0.25, -0.2) is 4.79 Å². The van der Waals surface area contributed by atoms with Gasteiger partial charge in [0.15, 0.2) is 18.1 Å². The van der Waals surface area contributed by atoms with Crippen LogP contribution >= 0.6 is 0 Å². The Morgan fingerprint density at radius 3 is 2.65 bits per heavy atom. The van der Waals surface area contributed by atoms with Crippen LogP contribution in [-0.4, -0.2) is 36.7 Å². The van der Waals surface area contributed by atoms with Crippen molar-refractivity contribution in [3.05, 3.63) is 23.8 Å². The molecule has 1 aliphatic rings. The Bertz CT molecular complexity index is 572. The summed E-state index contributed by atoms with van der Waals surface area (Å²) >= 11 is 0. The van der Waals surface area contributed by atoms with Crippen LogP contribution in [0.3, 0.4) is 0 Å². The molecule has 0 spiro atoms. The first kappa shape index (κ1) is 17.1. The first-order valence-corrected chi connectivity index (χ1v) is 7.84. The van der Waals surface area contributed by atoms with Gasteiger partial charge in [0.05, 0.1) is 12.7 Å². The van der Waals surface area contributed by atoms with Gasteiger partial charge in [0.2, 0.25) is 0 Å². The summed E-state index contributed by atoms with van der Waals surface area (Å²) in [5.74, 6) is -0.0860. The van der Waals surface area contributed by atoms with Crippen molar-refractivity contribution in [1.29, 1.82) is 0 Å². The number of benzene rings is 1. The predicted molar refractivity (Wildman–Crippen MR) is 85.0 cm³/mol. The molecule has 1 fully saturated rings. The van der Waals surface area contributed by atoms with Crippen LogP contribution in [0.15, 0.2) is 18.2 Å². The molecule has 23 heavy (non-hydrogen) atoms. The lowest BCUT2D eigenvalue weighted by molar-refractivity contribution is -0.124. The summed E-state index contributed by atoms with van der Waals surface area (Å²) in [4.78, 5) is 23.0. The lowest BCUT2D eigenvalue weighted by Gasteiger charge is -2.29. The molecule has 1 amide bonds. The number of nitrogens with one attached hydrogen (secondary N) is 1. The van der Waals surface area contributed by atoms with Crippen LogP contribution < -0.4 is 14.8 Å². The number of hydrogen-bond acceptors (Lipinski definition) is 4. The highest BCUT2D eigenvalue weighted by Gasteiger charge is 2.23. The Morgan fingerprint density at radius 1 is 1.26 bits per heavy atom. The summed E-state index contributed by atoms with van der Waals surface area (Å²) < 4.78 is 10.6. The standard InChI is InChI=1S/C17H23NO5/c1-11-5-3-4-6-13(11)18-16(19)10-23-14-8-7-12(17(20)21)9-15(14)22-2/h7-9,11,13H,3-6,10H2,1-2H3,(H,18,19)(H,20,21)/t11-,13+/m1/s1. The summed E-state index contributed by atoms with van der Waals surface area (Å²) in [6, 6.07) is 4.50. The van der Waals surface area contributed by atoms with Crippen molar-refractivity contribution in [3.63, 3.8) is 0 Å². The monoisotopic (exact) mass is 321 g/mol. The highest BCUT2D eigenvalue weighted by atomic mass is 16.5. The van der Waals surface area contributed by atoms with Crippen molar-refractivity contribution in [1.82, 2.24) is 5.32 Å². The fraction of sp³-hybridized carbons (Fsp3) is 0.529. The number of carboxylic acid groups (broad SMARTS) is 1. The third-order valence-electron chi connectivity index (χ3n) is 4.23. The van der Waals surface area contributed by atoms with E-state index in [9.17, 15) is 9.59 Å². The minimum absolute atomic E-state index is 0.106. The molecule has 0 radical (unpaired) electrons. The van der Waals surface area contributed by atoms with Crippen molar-refractivity contribution >= 4 is 11.9 Å². The largest absolute Gasteiger partial charge is 0.493 e. The Morgan fingerprint density at radius 2 is 2.00 bits per heavy atom. The zero-order valence-electron chi connectivity index (χ0n) is 13.5. The number of aromatic carboxylic acids is 1. The topological polar surface area (TPSA) is 84.9 Å². The minimum Gasteiger partial charge on any atom is -0.493 e. The molecule has 0 aromatic heterocycles. The van der Waals surface area contributed by atoms with Crippen LogP contribution in [0.2, 0.25) is 0 Å². The third kappa shape index (κ3) is 4.61. The number of hydrogen-bond donors (Lipinski definition) is 2. The average Bonchev–Trinajstić information content (AvgIpc) is 2.54. The predicted octanol–water partition coefficient (Wildman–Crippen LogP) is 2.47. The van der Waals surface area contributed by atoms with Gasteiger partial charge in [0, 0.05) is 6.04 Å². The zero-order valence-corrected chi connectivity index (χ0v) is 13.5. The van der Waals surface area contributed by atoms with Crippen LogP contribution in [0, 0.1) is 5.92 Å². The van der Waals surface area contributed by atoms with Gasteiger partial charge < -0.3 is 19.9 Å². The fourth-order valence-corrected chi connectivity index (χ4v) is 2.84. The second kappa shape index (κ2) is 7.85. The van der Waals surface area contributed by atoms with Gasteiger partial charge >= 0.3 is 5.97 Å². The van der Waals surface area contributed by atoms with E-state index in [4.69, 9.17) is 14.6 Å². The number of carbonyl (C=O) groups excluding carboxylic acids is 1. The van der Waals surface area contributed by atoms with Crippen LogP contribution in [0.1, 0.15) is 43.0 Å². The number of methoxy groups -OCH3 is 1. The van der Waals surface area contributed by atoms with Crippen molar-refractivity contribution in [3.8, 4) is 11.5 Å². The molecule has 1 saturated carbocycles. The molecule has 2 N–H and O–H groups in total. The third-order valence-corrected chi connectivity index (χ3v) is 4.23. The summed E-state index contributed by atoms with van der Waals surface area (Å²) in [7, 11) is 1.43. The summed E-state index contributed by atoms with van der Waals surface area (Å²) in [6.07, 6.45) is 4.50. The van der Waals surface area contributed by atoms with Crippen LogP contribution in [-0.2, 0) is 4.79 Å². The van der Waals surface area contributed by atoms with Gasteiger partial charge in [-0.1, -0.05) is 19.8 Å². The highest BCUT2D eigenvalue weighted by Crippen LogP contribution is 2.28. The van der Waals surface area contributed by atoms with Crippen LogP contribution in [0.4, 0.5) is 0 Å². The van der Waals surface area contributed by atoms with E-state index in [1.807, 2.05) is 0 Å². The summed E-state index contributed by atoms with van der Waals surface area (Å²) in [6.45, 7) is 2.03. The van der Waals surface area contributed by atoms with Gasteiger partial charge in [-0.15, -0.1) is 0 Å². The first-order chi connectivity index (χ1) is 11.0. The van der Waals surface area contributed by atoms with Gasteiger partial charge in [0.1, 0.15) is 0 Å². The second-order valence-corrected chi connectivity index (χ2v) is 5.90. The van der Waals surface area contributed by atoms with Gasteiger partial charge in [-0.05, 0) is 37.0 Å². The molecule has 2 atom stereocenters. The molecule has 6 heteroatoms. The lowest BCUT2D eigenvalue weighted by Crippen LogP contribution is -2.43. The number of ether oxygens (including phenoxy) is 2. The first-order valence-electron chi connectivity index (χ1n) is 7.84. The molecule has 0 unspecified atom stereocenters. The molecule has 0 bridgehead atoms. The quantitative estimate of drug-likeness (QED) is 0.841. The molecular weight excluding hydrogens is 298 g/mol. The fourth-order valence-electron chi connectivity index (χ4n) is 2.84. The lowest BCUT2D eigenvalue weighted by atomic mass is 9.86. The Balaban J connectivity index is 1.92. The maximum absolute atomic E-state index is 12.0. The summed E-state index contributed by atoms with van der Waals surface area (Å²) in [5.41, 5.74) is 0.106. The van der Waals surface area contributed by atoms with Crippen LogP contribution in [0.25, 0.3) is 0 Å². The van der Waals surface area contributed by atoms with E-state index in [-0.39, 0.29) is 24.1 Å². The van der Waals surface area contributed by atoms with Crippen molar-refractivity contribution in [2.24, 2.45) is 5.92 Å². The average molecular weight is 321 g/mol. The van der Waals surface area contributed by atoms with Gasteiger partial charge in [0.25, 0.3) is 5.91 Å². The van der Waals surface area contributed by atoms with Crippen molar-refractivity contribution in [2.75, 3.05) is 13.7 Å². The van der Waals surface area contributed by atoms with E-state index in [1.54, 1.807) is 0 Å². The molecular formula is C17H23NO5. The normalized spacial score (nSPS) is 20.6. The van der Waals surface area contributed by atoms with Crippen molar-refractivity contribution < 1.29 is 24.2 Å². The van der Waals surface area contributed by atoms with E-state index in [1.165, 1.54) is 31.7 Å². The molecule has 2 rings (SSSR count). The summed E-state index contributed by atoms with van der Waals surface area (Å²) in [5, 5.41) is 12.0. The Hall–Kier alpha value is -2.24. The number of amides is 1. The SMILES string of the molecule is COc1cc(C(=O)O)ccc1OCC(=O)N[C@H]1CCCC[C@H]1C. The molecule has 0 saturated heterocycles. The second-order valence-electron chi connectivity index (χ2n) is 5.90. The molecule has 6 nitrogen and oxygen atoms in total. The number of carbonyl (C=O) groups is 2. The molecule has 1 aliphatic carbocycles. The van der Waals surface area contributed by atoms with E-state index in [2.05, 4.69) is 12.2 Å². The highest BCUT2D eigenvalue weighted by molar-refractivity contribution is 5.88. The number of rotatable bonds is 6. The molecule has 0 heterocycles. The maximum atomic E-state index is 12.0. The van der Waals surface area contributed by atoms with Crippen molar-refractivity contribution in [2.45, 2.75) is 38.6 Å². The van der Waals surface area contributed by atoms with Gasteiger partial charge in [-0.2, -0.15) is 0 Å². The maximum Gasteiger partial charge on any atom is 0.335 e. The zero-order chi connectivity index (χ0) is 16.8. The smallest absolute Gasteiger partial charge is 0.335 e. The molecule has 126 valence electrons. The number of carboxylic acids is 1. The van der Waals surface area contributed by atoms with E-state index >= 15 is 0 Å². The van der Waals surface area contributed by atoms with E-state index < -0.39 is 5.97 Å². The Labute approximate surface area is 135 Å². The Kier molecular flexibility index (Phi) is 5.84. The van der Waals surface area contributed by atoms with Crippen LogP contribution in [0.5, 0.6) is 11.5 Å². The molecule has 1 aromatic carbocycles. The molecule has 1 aromatic rings. The molecule has 0 aliphatic heterocycles. The van der Waals surface area contributed by atoms with E-state index in [0.29, 0.717) is 17.4 Å².